The van der Waals surface area contributed by atoms with E-state index in [9.17, 15) is 13.6 Å². The molecule has 0 radical (unpaired) electrons. The first-order chi connectivity index (χ1) is 9.54. The molecule has 0 amide bonds. The molecule has 0 saturated heterocycles. The first-order valence-electron chi connectivity index (χ1n) is 7.29. The molecule has 1 aromatic heterocycles. The highest BCUT2D eigenvalue weighted by Crippen LogP contribution is 2.39. The van der Waals surface area contributed by atoms with Gasteiger partial charge in [-0.3, -0.25) is 4.79 Å². The molecule has 1 saturated carbocycles. The number of hydrogen-bond donors (Lipinski definition) is 2. The highest BCUT2D eigenvalue weighted by molar-refractivity contribution is 5.28. The summed E-state index contributed by atoms with van der Waals surface area (Å²) in [6.45, 7) is 2.07. The smallest absolute Gasteiger partial charge is 0.269 e. The summed E-state index contributed by atoms with van der Waals surface area (Å²) < 4.78 is 26.1. The molecule has 0 aromatic carbocycles. The van der Waals surface area contributed by atoms with Crippen LogP contribution in [0.15, 0.2) is 17.1 Å². The summed E-state index contributed by atoms with van der Waals surface area (Å²) in [5.74, 6) is 0.537. The summed E-state index contributed by atoms with van der Waals surface area (Å²) in [7, 11) is 0. The van der Waals surface area contributed by atoms with Crippen molar-refractivity contribution < 1.29 is 8.78 Å². The fourth-order valence-electron chi connectivity index (χ4n) is 3.28. The zero-order chi connectivity index (χ0) is 14.7. The van der Waals surface area contributed by atoms with Crippen LogP contribution in [0.3, 0.4) is 0 Å². The second-order valence-corrected chi connectivity index (χ2v) is 5.66. The van der Waals surface area contributed by atoms with E-state index in [2.05, 4.69) is 11.9 Å². The van der Waals surface area contributed by atoms with Crippen LogP contribution in [0, 0.1) is 5.92 Å². The summed E-state index contributed by atoms with van der Waals surface area (Å²) >= 11 is 0. The van der Waals surface area contributed by atoms with Crippen molar-refractivity contribution in [2.45, 2.75) is 57.4 Å². The van der Waals surface area contributed by atoms with Gasteiger partial charge >= 0.3 is 0 Å². The molecule has 1 aromatic rings. The molecule has 1 unspecified atom stereocenters. The van der Waals surface area contributed by atoms with E-state index in [1.165, 1.54) is 6.20 Å². The lowest BCUT2D eigenvalue weighted by Crippen LogP contribution is -2.32. The van der Waals surface area contributed by atoms with Crippen LogP contribution in [0.2, 0.25) is 0 Å². The van der Waals surface area contributed by atoms with Gasteiger partial charge < -0.3 is 10.7 Å². The van der Waals surface area contributed by atoms with Crippen LogP contribution in [-0.2, 0) is 0 Å². The van der Waals surface area contributed by atoms with Crippen molar-refractivity contribution in [3.8, 4) is 0 Å². The summed E-state index contributed by atoms with van der Waals surface area (Å²) in [5.41, 5.74) is 5.57. The van der Waals surface area contributed by atoms with Gasteiger partial charge in [-0.05, 0) is 55.6 Å². The molecule has 0 aliphatic heterocycles. The third-order valence-electron chi connectivity index (χ3n) is 4.54. The highest BCUT2D eigenvalue weighted by atomic mass is 19.3. The van der Waals surface area contributed by atoms with E-state index >= 15 is 0 Å². The standard InChI is InChI=1S/C15H22F2N2O/c1-2-12(18)10-5-3-9(4-6-10)11-7-8-19-15(20)13(11)14(16)17/h7-10,12,14H,2-6,18H2,1H3,(H,19,20)/t9-,10+,12?. The van der Waals surface area contributed by atoms with Gasteiger partial charge in [0.25, 0.3) is 12.0 Å². The fourth-order valence-corrected chi connectivity index (χ4v) is 3.28. The Morgan fingerprint density at radius 1 is 1.35 bits per heavy atom. The van der Waals surface area contributed by atoms with Crippen LogP contribution in [0.5, 0.6) is 0 Å². The van der Waals surface area contributed by atoms with E-state index in [0.29, 0.717) is 11.5 Å². The lowest BCUT2D eigenvalue weighted by molar-refractivity contribution is 0.146. The number of aromatic nitrogens is 1. The second kappa shape index (κ2) is 6.48. The molecule has 3 nitrogen and oxygen atoms in total. The number of aromatic amines is 1. The molecule has 5 heteroatoms. The predicted molar refractivity (Wildman–Crippen MR) is 75.0 cm³/mol. The van der Waals surface area contributed by atoms with Crippen LogP contribution in [0.25, 0.3) is 0 Å². The Labute approximate surface area is 117 Å². The van der Waals surface area contributed by atoms with E-state index in [0.717, 1.165) is 32.1 Å². The number of rotatable bonds is 4. The molecular formula is C15H22F2N2O. The van der Waals surface area contributed by atoms with Gasteiger partial charge in [0.05, 0.1) is 5.56 Å². The molecule has 2 rings (SSSR count). The fraction of sp³-hybridized carbons (Fsp3) is 0.667. The Bertz CT molecular complexity index is 493. The number of nitrogens with two attached hydrogens (primary N) is 1. The molecular weight excluding hydrogens is 262 g/mol. The van der Waals surface area contributed by atoms with Crippen molar-refractivity contribution in [3.05, 3.63) is 33.7 Å². The van der Waals surface area contributed by atoms with E-state index in [1.807, 2.05) is 0 Å². The van der Waals surface area contributed by atoms with Crippen molar-refractivity contribution >= 4 is 0 Å². The Balaban J connectivity index is 2.15. The van der Waals surface area contributed by atoms with E-state index in [1.54, 1.807) is 6.07 Å². The van der Waals surface area contributed by atoms with Gasteiger partial charge in [0.1, 0.15) is 0 Å². The Morgan fingerprint density at radius 3 is 2.55 bits per heavy atom. The molecule has 1 atom stereocenters. The van der Waals surface area contributed by atoms with Crippen LogP contribution < -0.4 is 11.3 Å². The average Bonchev–Trinajstić information content (AvgIpc) is 2.46. The van der Waals surface area contributed by atoms with Gasteiger partial charge in [0, 0.05) is 12.2 Å². The zero-order valence-electron chi connectivity index (χ0n) is 11.7. The third-order valence-corrected chi connectivity index (χ3v) is 4.54. The van der Waals surface area contributed by atoms with Gasteiger partial charge in [-0.2, -0.15) is 0 Å². The monoisotopic (exact) mass is 284 g/mol. The third kappa shape index (κ3) is 3.08. The quantitative estimate of drug-likeness (QED) is 0.891. The molecule has 1 heterocycles. The van der Waals surface area contributed by atoms with Gasteiger partial charge in [0.15, 0.2) is 0 Å². The van der Waals surface area contributed by atoms with Crippen LogP contribution >= 0.6 is 0 Å². The SMILES string of the molecule is CCC(N)[C@H]1CC[C@@H](c2cc[nH]c(=O)c2C(F)F)CC1. The van der Waals surface area contributed by atoms with E-state index < -0.39 is 12.0 Å². The number of nitrogens with one attached hydrogen (secondary N) is 1. The van der Waals surface area contributed by atoms with E-state index in [4.69, 9.17) is 5.73 Å². The minimum atomic E-state index is -2.72. The maximum Gasteiger partial charge on any atom is 0.269 e. The maximum atomic E-state index is 13.1. The maximum absolute atomic E-state index is 13.1. The molecule has 0 spiro atoms. The van der Waals surface area contributed by atoms with Crippen molar-refractivity contribution in [1.82, 2.24) is 4.98 Å². The molecule has 0 bridgehead atoms. The first-order valence-corrected chi connectivity index (χ1v) is 7.29. The number of halogens is 2. The summed E-state index contributed by atoms with van der Waals surface area (Å²) in [5, 5.41) is 0. The van der Waals surface area contributed by atoms with Crippen molar-refractivity contribution in [2.24, 2.45) is 11.7 Å². The van der Waals surface area contributed by atoms with E-state index in [-0.39, 0.29) is 17.5 Å². The highest BCUT2D eigenvalue weighted by Gasteiger charge is 2.29. The normalized spacial score (nSPS) is 24.9. The lowest BCUT2D eigenvalue weighted by atomic mass is 9.75. The van der Waals surface area contributed by atoms with Gasteiger partial charge in [-0.25, -0.2) is 8.78 Å². The number of alkyl halides is 2. The first kappa shape index (κ1) is 15.2. The van der Waals surface area contributed by atoms with Crippen LogP contribution in [-0.4, -0.2) is 11.0 Å². The minimum Gasteiger partial charge on any atom is -0.329 e. The number of pyridine rings is 1. The largest absolute Gasteiger partial charge is 0.329 e. The van der Waals surface area contributed by atoms with Crippen molar-refractivity contribution in [1.29, 1.82) is 0 Å². The molecule has 20 heavy (non-hydrogen) atoms. The Morgan fingerprint density at radius 2 is 2.00 bits per heavy atom. The van der Waals surface area contributed by atoms with Crippen LogP contribution in [0.1, 0.15) is 62.5 Å². The van der Waals surface area contributed by atoms with Gasteiger partial charge in [-0.1, -0.05) is 6.92 Å². The van der Waals surface area contributed by atoms with Crippen molar-refractivity contribution in [3.63, 3.8) is 0 Å². The zero-order valence-corrected chi connectivity index (χ0v) is 11.7. The van der Waals surface area contributed by atoms with Gasteiger partial charge in [-0.15, -0.1) is 0 Å². The summed E-state index contributed by atoms with van der Waals surface area (Å²) in [6, 6.07) is 1.83. The summed E-state index contributed by atoms with van der Waals surface area (Å²) in [6.07, 6.45) is 3.27. The number of hydrogen-bond acceptors (Lipinski definition) is 2. The summed E-state index contributed by atoms with van der Waals surface area (Å²) in [4.78, 5) is 13.9. The Kier molecular flexibility index (Phi) is 4.91. The lowest BCUT2D eigenvalue weighted by Gasteiger charge is -2.32. The molecule has 1 aliphatic carbocycles. The van der Waals surface area contributed by atoms with Crippen LogP contribution in [0.4, 0.5) is 8.78 Å². The minimum absolute atomic E-state index is 0.0570. The van der Waals surface area contributed by atoms with Crippen molar-refractivity contribution in [2.75, 3.05) is 0 Å². The second-order valence-electron chi connectivity index (χ2n) is 5.66. The average molecular weight is 284 g/mol. The molecule has 112 valence electrons. The Hall–Kier alpha value is -1.23. The number of H-pyrrole nitrogens is 1. The predicted octanol–water partition coefficient (Wildman–Crippen LogP) is 3.32. The molecule has 3 N–H and O–H groups in total. The topological polar surface area (TPSA) is 58.9 Å². The molecule has 1 fully saturated rings. The van der Waals surface area contributed by atoms with Gasteiger partial charge in [0.2, 0.25) is 0 Å². The molecule has 1 aliphatic rings.